The van der Waals surface area contributed by atoms with Crippen LogP contribution in [0.2, 0.25) is 0 Å². The van der Waals surface area contributed by atoms with E-state index in [-0.39, 0.29) is 12.8 Å². The van der Waals surface area contributed by atoms with Crippen molar-refractivity contribution in [3.05, 3.63) is 0 Å². The molecule has 1 saturated carbocycles. The standard InChI is InChI=1S/C7H14O4.C5H10S/c8-5-1-3-7(11,4-2-5)6(9)10;1-2-4-6-5-3-1/h5-6,8-11H,1-4H2;1-5H2. The highest BCUT2D eigenvalue weighted by Gasteiger charge is 2.38. The average Bonchev–Trinajstić information content (AvgIpc) is 2.36. The molecule has 2 aliphatic rings. The maximum Gasteiger partial charge on any atom is 0.181 e. The molecule has 0 bridgehead atoms. The lowest BCUT2D eigenvalue weighted by Gasteiger charge is -2.35. The van der Waals surface area contributed by atoms with Crippen LogP contribution in [0.1, 0.15) is 44.9 Å². The molecule has 0 aromatic carbocycles. The second-order valence-corrected chi connectivity index (χ2v) is 6.11. The van der Waals surface area contributed by atoms with E-state index < -0.39 is 18.0 Å². The Morgan fingerprint density at radius 2 is 1.53 bits per heavy atom. The monoisotopic (exact) mass is 264 g/mol. The van der Waals surface area contributed by atoms with Gasteiger partial charge in [-0.15, -0.1) is 0 Å². The average molecular weight is 264 g/mol. The van der Waals surface area contributed by atoms with Crippen LogP contribution in [0.5, 0.6) is 0 Å². The number of aliphatic hydroxyl groups excluding tert-OH is 2. The molecule has 4 N–H and O–H groups in total. The lowest BCUT2D eigenvalue weighted by atomic mass is 9.83. The fourth-order valence-electron chi connectivity index (χ4n) is 2.05. The summed E-state index contributed by atoms with van der Waals surface area (Å²) in [6.07, 6.45) is 3.71. The maximum absolute atomic E-state index is 9.46. The van der Waals surface area contributed by atoms with Gasteiger partial charge in [0.2, 0.25) is 0 Å². The minimum Gasteiger partial charge on any atom is -0.393 e. The molecule has 4 nitrogen and oxygen atoms in total. The van der Waals surface area contributed by atoms with Gasteiger partial charge in [0.05, 0.1) is 6.10 Å². The first-order valence-corrected chi connectivity index (χ1v) is 7.54. The van der Waals surface area contributed by atoms with Gasteiger partial charge in [-0.3, -0.25) is 0 Å². The van der Waals surface area contributed by atoms with Crippen LogP contribution < -0.4 is 0 Å². The van der Waals surface area contributed by atoms with Gasteiger partial charge >= 0.3 is 0 Å². The van der Waals surface area contributed by atoms with E-state index in [9.17, 15) is 5.11 Å². The summed E-state index contributed by atoms with van der Waals surface area (Å²) < 4.78 is 0. The van der Waals surface area contributed by atoms with Crippen LogP contribution in [0.4, 0.5) is 0 Å². The molecule has 0 aromatic rings. The van der Waals surface area contributed by atoms with Crippen LogP contribution >= 0.6 is 11.8 Å². The third-order valence-electron chi connectivity index (χ3n) is 3.38. The quantitative estimate of drug-likeness (QED) is 0.528. The van der Waals surface area contributed by atoms with Crippen molar-refractivity contribution in [1.29, 1.82) is 0 Å². The smallest absolute Gasteiger partial charge is 0.181 e. The first kappa shape index (κ1) is 15.2. The Bertz CT molecular complexity index is 187. The van der Waals surface area contributed by atoms with Gasteiger partial charge in [0, 0.05) is 0 Å². The minimum absolute atomic E-state index is 0.256. The second-order valence-electron chi connectivity index (χ2n) is 4.88. The van der Waals surface area contributed by atoms with E-state index in [1.807, 2.05) is 0 Å². The van der Waals surface area contributed by atoms with E-state index in [1.54, 1.807) is 0 Å². The van der Waals surface area contributed by atoms with Crippen LogP contribution in [-0.4, -0.2) is 49.9 Å². The van der Waals surface area contributed by atoms with E-state index in [2.05, 4.69) is 11.8 Å². The van der Waals surface area contributed by atoms with Crippen molar-refractivity contribution in [3.63, 3.8) is 0 Å². The van der Waals surface area contributed by atoms with Crippen molar-refractivity contribution in [1.82, 2.24) is 0 Å². The fourth-order valence-corrected chi connectivity index (χ4v) is 3.07. The summed E-state index contributed by atoms with van der Waals surface area (Å²) in [4.78, 5) is 0. The Hall–Kier alpha value is 0.190. The zero-order valence-electron chi connectivity index (χ0n) is 10.2. The van der Waals surface area contributed by atoms with E-state index in [0.717, 1.165) is 0 Å². The van der Waals surface area contributed by atoms with Crippen LogP contribution in [0.25, 0.3) is 0 Å². The molecule has 2 fully saturated rings. The highest BCUT2D eigenvalue weighted by atomic mass is 32.2. The zero-order chi connectivity index (χ0) is 12.7. The van der Waals surface area contributed by atoms with Crippen molar-refractivity contribution in [2.24, 2.45) is 0 Å². The van der Waals surface area contributed by atoms with Gasteiger partial charge in [0.1, 0.15) is 5.60 Å². The van der Waals surface area contributed by atoms with Crippen LogP contribution in [0.15, 0.2) is 0 Å². The molecule has 5 heteroatoms. The Balaban J connectivity index is 0.000000202. The first-order valence-electron chi connectivity index (χ1n) is 6.39. The molecule has 0 aromatic heterocycles. The summed E-state index contributed by atoms with van der Waals surface area (Å²) in [6, 6.07) is 0. The predicted octanol–water partition coefficient (Wildman–Crippen LogP) is 0.867. The van der Waals surface area contributed by atoms with Gasteiger partial charge in [-0.05, 0) is 50.0 Å². The predicted molar refractivity (Wildman–Crippen MR) is 68.8 cm³/mol. The molecule has 2 rings (SSSR count). The van der Waals surface area contributed by atoms with Gasteiger partial charge in [-0.25, -0.2) is 0 Å². The molecular formula is C12H24O4S. The fraction of sp³-hybridized carbons (Fsp3) is 1.00. The zero-order valence-corrected chi connectivity index (χ0v) is 11.0. The molecule has 17 heavy (non-hydrogen) atoms. The highest BCUT2D eigenvalue weighted by molar-refractivity contribution is 7.99. The number of aliphatic hydroxyl groups is 4. The van der Waals surface area contributed by atoms with E-state index in [0.29, 0.717) is 12.8 Å². The number of hydrogen-bond acceptors (Lipinski definition) is 5. The summed E-state index contributed by atoms with van der Waals surface area (Å²) in [5.74, 6) is 2.83. The lowest BCUT2D eigenvalue weighted by Crippen LogP contribution is -2.46. The van der Waals surface area contributed by atoms with Gasteiger partial charge in [-0.1, -0.05) is 6.42 Å². The molecular weight excluding hydrogens is 240 g/mol. The largest absolute Gasteiger partial charge is 0.393 e. The third-order valence-corrected chi connectivity index (χ3v) is 4.53. The molecule has 0 atom stereocenters. The van der Waals surface area contributed by atoms with Gasteiger partial charge in [-0.2, -0.15) is 11.8 Å². The molecule has 0 spiro atoms. The normalized spacial score (nSPS) is 34.1. The molecule has 1 heterocycles. The third kappa shape index (κ3) is 5.57. The summed E-state index contributed by atoms with van der Waals surface area (Å²) in [6.45, 7) is 0. The number of thioether (sulfide) groups is 1. The number of hydrogen-bond donors (Lipinski definition) is 4. The highest BCUT2D eigenvalue weighted by Crippen LogP contribution is 2.30. The van der Waals surface area contributed by atoms with Crippen LogP contribution in [0, 0.1) is 0 Å². The molecule has 102 valence electrons. The Kier molecular flexibility index (Phi) is 6.80. The SMILES string of the molecule is C1CCSCC1.OC1CCC(O)(C(O)O)CC1. The van der Waals surface area contributed by atoms with Crippen molar-refractivity contribution >= 4 is 11.8 Å². The Morgan fingerprint density at radius 3 is 1.82 bits per heavy atom. The summed E-state index contributed by atoms with van der Waals surface area (Å²) in [5.41, 5.74) is -1.39. The van der Waals surface area contributed by atoms with Crippen molar-refractivity contribution < 1.29 is 20.4 Å². The minimum atomic E-state index is -1.69. The van der Waals surface area contributed by atoms with E-state index in [1.165, 1.54) is 30.8 Å². The van der Waals surface area contributed by atoms with Gasteiger partial charge < -0.3 is 20.4 Å². The van der Waals surface area contributed by atoms with Crippen molar-refractivity contribution in [3.8, 4) is 0 Å². The summed E-state index contributed by atoms with van der Waals surface area (Å²) in [5, 5.41) is 36.0. The molecule has 1 aliphatic carbocycles. The number of rotatable bonds is 1. The first-order chi connectivity index (χ1) is 8.04. The van der Waals surface area contributed by atoms with E-state index in [4.69, 9.17) is 15.3 Å². The molecule has 1 saturated heterocycles. The Morgan fingerprint density at radius 1 is 1.00 bits per heavy atom. The van der Waals surface area contributed by atoms with Gasteiger partial charge in [0.25, 0.3) is 0 Å². The lowest BCUT2D eigenvalue weighted by molar-refractivity contribution is -0.202. The van der Waals surface area contributed by atoms with Gasteiger partial charge in [0.15, 0.2) is 6.29 Å². The molecule has 0 unspecified atom stereocenters. The van der Waals surface area contributed by atoms with Crippen LogP contribution in [-0.2, 0) is 0 Å². The summed E-state index contributed by atoms with van der Waals surface area (Å²) in [7, 11) is 0. The van der Waals surface area contributed by atoms with Crippen molar-refractivity contribution in [2.45, 2.75) is 62.9 Å². The molecule has 0 radical (unpaired) electrons. The van der Waals surface area contributed by atoms with Crippen molar-refractivity contribution in [2.75, 3.05) is 11.5 Å². The van der Waals surface area contributed by atoms with Crippen LogP contribution in [0.3, 0.4) is 0 Å². The summed E-state index contributed by atoms with van der Waals surface area (Å²) >= 11 is 2.09. The molecule has 0 amide bonds. The topological polar surface area (TPSA) is 80.9 Å². The van der Waals surface area contributed by atoms with E-state index >= 15 is 0 Å². The molecule has 1 aliphatic heterocycles. The second kappa shape index (κ2) is 7.59. The Labute approximate surface area is 107 Å². The maximum atomic E-state index is 9.46.